The summed E-state index contributed by atoms with van der Waals surface area (Å²) in [4.78, 5) is 23.3. The van der Waals surface area contributed by atoms with Gasteiger partial charge in [0.25, 0.3) is 0 Å². The average Bonchev–Trinajstić information content (AvgIpc) is 2.48. The number of carbonyl (C=O) groups is 2. The Morgan fingerprint density at radius 2 is 1.91 bits per heavy atom. The van der Waals surface area contributed by atoms with Crippen LogP contribution in [0.15, 0.2) is 23.1 Å². The summed E-state index contributed by atoms with van der Waals surface area (Å²) < 4.78 is 23.0. The van der Waals surface area contributed by atoms with Gasteiger partial charge in [-0.05, 0) is 43.9 Å². The predicted molar refractivity (Wildman–Crippen MR) is 84.3 cm³/mol. The Labute approximate surface area is 134 Å². The number of nitrogens with one attached hydrogen (secondary N) is 1. The van der Waals surface area contributed by atoms with Gasteiger partial charge in [-0.3, -0.25) is 9.59 Å². The molecule has 4 N–H and O–H groups in total. The Kier molecular flexibility index (Phi) is 5.06. The molecule has 1 amide bonds. The minimum Gasteiger partial charge on any atom is -0.481 e. The van der Waals surface area contributed by atoms with E-state index in [-0.39, 0.29) is 16.7 Å². The molecule has 0 heterocycles. The van der Waals surface area contributed by atoms with E-state index in [1.807, 2.05) is 0 Å². The topological polar surface area (TPSA) is 127 Å². The predicted octanol–water partition coefficient (Wildman–Crippen LogP) is 1.47. The number of hydrogen-bond acceptors (Lipinski definition) is 4. The largest absolute Gasteiger partial charge is 0.481 e. The smallest absolute Gasteiger partial charge is 0.306 e. The number of hydrogen-bond donors (Lipinski definition) is 3. The Bertz CT molecular complexity index is 729. The highest BCUT2D eigenvalue weighted by atomic mass is 32.2. The standard InChI is InChI=1S/C15H20N2O5S/c1-9-5-6-12(8-13(9)23(16,21)22)17-14(18)10-3-2-4-11(7-10)15(19)20/h5-6,8,10-11H,2-4,7H2,1H3,(H,17,18)(H,19,20)(H2,16,21,22). The number of nitrogens with two attached hydrogens (primary N) is 1. The van der Waals surface area contributed by atoms with Crippen LogP contribution in [0.3, 0.4) is 0 Å². The number of aliphatic carboxylic acids is 1. The van der Waals surface area contributed by atoms with E-state index in [0.717, 1.165) is 0 Å². The van der Waals surface area contributed by atoms with Gasteiger partial charge in [-0.15, -0.1) is 0 Å². The molecule has 126 valence electrons. The quantitative estimate of drug-likeness (QED) is 0.765. The van der Waals surface area contributed by atoms with Crippen LogP contribution in [0.2, 0.25) is 0 Å². The van der Waals surface area contributed by atoms with Gasteiger partial charge in [0.05, 0.1) is 10.8 Å². The zero-order valence-corrected chi connectivity index (χ0v) is 13.6. The molecule has 1 aromatic carbocycles. The van der Waals surface area contributed by atoms with Gasteiger partial charge in [0.1, 0.15) is 0 Å². The first-order valence-corrected chi connectivity index (χ1v) is 8.90. The number of aryl methyl sites for hydroxylation is 1. The van der Waals surface area contributed by atoms with Crippen LogP contribution in [0, 0.1) is 18.8 Å². The van der Waals surface area contributed by atoms with Crippen molar-refractivity contribution in [2.45, 2.75) is 37.5 Å². The van der Waals surface area contributed by atoms with Crippen LogP contribution in [0.25, 0.3) is 0 Å². The summed E-state index contributed by atoms with van der Waals surface area (Å²) in [6.45, 7) is 1.62. The molecule has 2 rings (SSSR count). The van der Waals surface area contributed by atoms with E-state index < -0.39 is 21.9 Å². The molecule has 1 aliphatic carbocycles. The molecule has 1 aliphatic rings. The van der Waals surface area contributed by atoms with Crippen molar-refractivity contribution in [1.82, 2.24) is 0 Å². The Balaban J connectivity index is 2.13. The lowest BCUT2D eigenvalue weighted by molar-refractivity contribution is -0.143. The molecular weight excluding hydrogens is 320 g/mol. The lowest BCUT2D eigenvalue weighted by atomic mass is 9.81. The fourth-order valence-corrected chi connectivity index (χ4v) is 3.69. The molecule has 8 heteroatoms. The van der Waals surface area contributed by atoms with E-state index in [2.05, 4.69) is 5.32 Å². The second-order valence-electron chi connectivity index (χ2n) is 5.91. The van der Waals surface area contributed by atoms with Gasteiger partial charge in [0.15, 0.2) is 0 Å². The first kappa shape index (κ1) is 17.4. The third-order valence-electron chi connectivity index (χ3n) is 4.16. The zero-order chi connectivity index (χ0) is 17.2. The molecular formula is C15H20N2O5S. The van der Waals surface area contributed by atoms with Crippen molar-refractivity contribution in [3.63, 3.8) is 0 Å². The van der Waals surface area contributed by atoms with Gasteiger partial charge < -0.3 is 10.4 Å². The van der Waals surface area contributed by atoms with Crippen molar-refractivity contribution in [3.05, 3.63) is 23.8 Å². The number of rotatable bonds is 4. The number of carboxylic acid groups (broad SMARTS) is 1. The van der Waals surface area contributed by atoms with Crippen LogP contribution < -0.4 is 10.5 Å². The van der Waals surface area contributed by atoms with Crippen LogP contribution in [0.1, 0.15) is 31.2 Å². The third-order valence-corrected chi connectivity index (χ3v) is 5.21. The molecule has 1 aromatic rings. The molecule has 2 unspecified atom stereocenters. The fourth-order valence-electron chi connectivity index (χ4n) is 2.88. The number of carbonyl (C=O) groups excluding carboxylic acids is 1. The fraction of sp³-hybridized carbons (Fsp3) is 0.467. The number of anilines is 1. The van der Waals surface area contributed by atoms with Crippen molar-refractivity contribution < 1.29 is 23.1 Å². The van der Waals surface area contributed by atoms with E-state index in [1.165, 1.54) is 6.07 Å². The monoisotopic (exact) mass is 340 g/mol. The molecule has 0 saturated heterocycles. The molecule has 2 atom stereocenters. The Morgan fingerprint density at radius 1 is 1.26 bits per heavy atom. The SMILES string of the molecule is Cc1ccc(NC(=O)C2CCCC(C(=O)O)C2)cc1S(N)(=O)=O. The molecule has 0 spiro atoms. The normalized spacial score (nSPS) is 21.7. The maximum Gasteiger partial charge on any atom is 0.306 e. The zero-order valence-electron chi connectivity index (χ0n) is 12.8. The van der Waals surface area contributed by atoms with E-state index in [0.29, 0.717) is 36.9 Å². The first-order valence-electron chi connectivity index (χ1n) is 7.35. The minimum absolute atomic E-state index is 0.0395. The summed E-state index contributed by atoms with van der Waals surface area (Å²) in [5.74, 6) is -2.06. The number of benzene rings is 1. The van der Waals surface area contributed by atoms with E-state index in [1.54, 1.807) is 19.1 Å². The lowest BCUT2D eigenvalue weighted by Gasteiger charge is -2.25. The van der Waals surface area contributed by atoms with Crippen LogP contribution in [0.4, 0.5) is 5.69 Å². The molecule has 0 aliphatic heterocycles. The third kappa shape index (κ3) is 4.29. The van der Waals surface area contributed by atoms with Gasteiger partial charge >= 0.3 is 5.97 Å². The minimum atomic E-state index is -3.87. The van der Waals surface area contributed by atoms with Gasteiger partial charge in [0, 0.05) is 11.6 Å². The van der Waals surface area contributed by atoms with Crippen molar-refractivity contribution in [3.8, 4) is 0 Å². The molecule has 7 nitrogen and oxygen atoms in total. The highest BCUT2D eigenvalue weighted by Crippen LogP contribution is 2.30. The number of carboxylic acids is 1. The summed E-state index contributed by atoms with van der Waals surface area (Å²) in [5.41, 5.74) is 0.830. The van der Waals surface area contributed by atoms with Crippen LogP contribution in [-0.2, 0) is 19.6 Å². The summed E-state index contributed by atoms with van der Waals surface area (Å²) in [5, 5.41) is 16.9. The number of primary sulfonamides is 1. The van der Waals surface area contributed by atoms with Crippen molar-refractivity contribution in [2.75, 3.05) is 5.32 Å². The van der Waals surface area contributed by atoms with Crippen LogP contribution >= 0.6 is 0 Å². The molecule has 1 fully saturated rings. The Hall–Kier alpha value is -1.93. The van der Waals surface area contributed by atoms with Gasteiger partial charge in [-0.2, -0.15) is 0 Å². The van der Waals surface area contributed by atoms with Crippen LogP contribution in [0.5, 0.6) is 0 Å². The highest BCUT2D eigenvalue weighted by molar-refractivity contribution is 7.89. The second-order valence-corrected chi connectivity index (χ2v) is 7.44. The maximum atomic E-state index is 12.3. The maximum absolute atomic E-state index is 12.3. The molecule has 0 aromatic heterocycles. The van der Waals surface area contributed by atoms with Gasteiger partial charge in [0.2, 0.25) is 15.9 Å². The summed E-state index contributed by atoms with van der Waals surface area (Å²) in [6.07, 6.45) is 2.20. The average molecular weight is 340 g/mol. The van der Waals surface area contributed by atoms with Gasteiger partial charge in [-0.25, -0.2) is 13.6 Å². The second kappa shape index (κ2) is 6.67. The number of amides is 1. The Morgan fingerprint density at radius 3 is 2.52 bits per heavy atom. The summed E-state index contributed by atoms with van der Waals surface area (Å²) >= 11 is 0. The first-order chi connectivity index (χ1) is 10.7. The molecule has 1 saturated carbocycles. The highest BCUT2D eigenvalue weighted by Gasteiger charge is 2.31. The van der Waals surface area contributed by atoms with E-state index in [4.69, 9.17) is 10.2 Å². The molecule has 0 radical (unpaired) electrons. The van der Waals surface area contributed by atoms with E-state index >= 15 is 0 Å². The van der Waals surface area contributed by atoms with Crippen molar-refractivity contribution >= 4 is 27.6 Å². The summed E-state index contributed by atoms with van der Waals surface area (Å²) in [6, 6.07) is 4.48. The number of sulfonamides is 1. The van der Waals surface area contributed by atoms with Crippen molar-refractivity contribution in [1.29, 1.82) is 0 Å². The van der Waals surface area contributed by atoms with Gasteiger partial charge in [-0.1, -0.05) is 12.5 Å². The molecule has 0 bridgehead atoms. The van der Waals surface area contributed by atoms with Crippen molar-refractivity contribution in [2.24, 2.45) is 17.0 Å². The van der Waals surface area contributed by atoms with Crippen LogP contribution in [-0.4, -0.2) is 25.4 Å². The van der Waals surface area contributed by atoms with E-state index in [9.17, 15) is 18.0 Å². The summed E-state index contributed by atoms with van der Waals surface area (Å²) in [7, 11) is -3.87. The lowest BCUT2D eigenvalue weighted by Crippen LogP contribution is -2.31. The molecule has 23 heavy (non-hydrogen) atoms.